The van der Waals surface area contributed by atoms with Gasteiger partial charge in [-0.3, -0.25) is 0 Å². The molecule has 0 amide bonds. The highest BCUT2D eigenvalue weighted by molar-refractivity contribution is 7.81. The van der Waals surface area contributed by atoms with Crippen LogP contribution in [-0.4, -0.2) is 6.29 Å². The van der Waals surface area contributed by atoms with Crippen molar-refractivity contribution in [1.29, 1.82) is 0 Å². The zero-order valence-corrected chi connectivity index (χ0v) is 8.40. The van der Waals surface area contributed by atoms with Gasteiger partial charge in [-0.1, -0.05) is 23.2 Å². The fourth-order valence-electron chi connectivity index (χ4n) is 0.815. The third-order valence-corrected chi connectivity index (χ3v) is 2.38. The molecule has 0 fully saturated rings. The molecule has 0 N–H and O–H groups in total. The van der Waals surface area contributed by atoms with Crippen LogP contribution in [0.25, 0.3) is 0 Å². The quantitative estimate of drug-likeness (QED) is 0.599. The van der Waals surface area contributed by atoms with Crippen molar-refractivity contribution in [3.63, 3.8) is 0 Å². The van der Waals surface area contributed by atoms with E-state index in [2.05, 4.69) is 12.6 Å². The number of carbonyl (C=O) groups excluding carboxylic acids is 1. The van der Waals surface area contributed by atoms with E-state index in [1.807, 2.05) is 0 Å². The molecule has 4 heteroatoms. The van der Waals surface area contributed by atoms with Gasteiger partial charge in [0.25, 0.3) is 0 Å². The molecule has 0 aromatic heterocycles. The Hall–Kier alpha value is -0.180. The Bertz CT molecular complexity index is 301. The Morgan fingerprint density at radius 3 is 2.67 bits per heavy atom. The first-order chi connectivity index (χ1) is 5.65. The van der Waals surface area contributed by atoms with Gasteiger partial charge >= 0.3 is 0 Å². The summed E-state index contributed by atoms with van der Waals surface area (Å²) in [6.45, 7) is 0. The smallest absolute Gasteiger partial charge is 0.137 e. The highest BCUT2D eigenvalue weighted by atomic mass is 35.5. The first kappa shape index (κ1) is 9.90. The molecule has 0 aliphatic heterocycles. The summed E-state index contributed by atoms with van der Waals surface area (Å²) in [5.41, 5.74) is 0.641. The average Bonchev–Trinajstić information content (AvgIpc) is 2.08. The number of benzene rings is 1. The number of thiol groups is 1. The van der Waals surface area contributed by atoms with E-state index in [1.54, 1.807) is 18.2 Å². The Morgan fingerprint density at radius 2 is 2.08 bits per heavy atom. The van der Waals surface area contributed by atoms with E-state index in [1.165, 1.54) is 0 Å². The second kappa shape index (κ2) is 4.17. The van der Waals surface area contributed by atoms with Gasteiger partial charge in [0.2, 0.25) is 0 Å². The molecule has 0 bridgehead atoms. The molecule has 0 aliphatic rings. The summed E-state index contributed by atoms with van der Waals surface area (Å²) in [6, 6.07) is 4.95. The number of rotatable bonds is 2. The molecular weight excluding hydrogens is 215 g/mol. The fourth-order valence-corrected chi connectivity index (χ4v) is 1.52. The minimum atomic E-state index is -0.504. The maximum Gasteiger partial charge on any atom is 0.137 e. The largest absolute Gasteiger partial charge is 0.302 e. The van der Waals surface area contributed by atoms with E-state index < -0.39 is 5.25 Å². The van der Waals surface area contributed by atoms with Crippen LogP contribution in [0.3, 0.4) is 0 Å². The van der Waals surface area contributed by atoms with E-state index in [4.69, 9.17) is 23.2 Å². The molecule has 0 aliphatic carbocycles. The Labute approximate surface area is 86.1 Å². The van der Waals surface area contributed by atoms with Crippen molar-refractivity contribution in [3.05, 3.63) is 33.8 Å². The lowest BCUT2D eigenvalue weighted by Gasteiger charge is -2.05. The summed E-state index contributed by atoms with van der Waals surface area (Å²) >= 11 is 15.5. The second-order valence-corrected chi connectivity index (χ2v) is 3.65. The number of halogens is 2. The second-order valence-electron chi connectivity index (χ2n) is 2.25. The summed E-state index contributed by atoms with van der Waals surface area (Å²) < 4.78 is 0. The molecule has 1 aromatic carbocycles. The predicted octanol–water partition coefficient (Wildman–Crippen LogP) is 3.16. The Kier molecular flexibility index (Phi) is 3.44. The van der Waals surface area contributed by atoms with Gasteiger partial charge in [0, 0.05) is 10.0 Å². The first-order valence-corrected chi connectivity index (χ1v) is 4.50. The van der Waals surface area contributed by atoms with Crippen LogP contribution in [0.15, 0.2) is 18.2 Å². The van der Waals surface area contributed by atoms with Crippen LogP contribution in [0.4, 0.5) is 0 Å². The molecule has 0 radical (unpaired) electrons. The first-order valence-electron chi connectivity index (χ1n) is 3.23. The van der Waals surface area contributed by atoms with E-state index in [0.717, 1.165) is 0 Å². The lowest BCUT2D eigenvalue weighted by molar-refractivity contribution is -0.107. The maximum atomic E-state index is 10.4. The van der Waals surface area contributed by atoms with E-state index in [0.29, 0.717) is 21.9 Å². The molecule has 1 aromatic rings. The zero-order valence-electron chi connectivity index (χ0n) is 6.00. The molecule has 12 heavy (non-hydrogen) atoms. The molecule has 0 saturated heterocycles. The lowest BCUT2D eigenvalue weighted by atomic mass is 10.1. The van der Waals surface area contributed by atoms with E-state index in [9.17, 15) is 4.79 Å². The Balaban J connectivity index is 3.12. The van der Waals surface area contributed by atoms with Crippen LogP contribution in [0, 0.1) is 0 Å². The molecule has 1 atom stereocenters. The molecule has 64 valence electrons. The predicted molar refractivity (Wildman–Crippen MR) is 54.3 cm³/mol. The van der Waals surface area contributed by atoms with Crippen LogP contribution in [-0.2, 0) is 4.79 Å². The maximum absolute atomic E-state index is 10.4. The van der Waals surface area contributed by atoms with Crippen LogP contribution >= 0.6 is 35.8 Å². The summed E-state index contributed by atoms with van der Waals surface area (Å²) in [6.07, 6.45) is 0.709. The van der Waals surface area contributed by atoms with Gasteiger partial charge < -0.3 is 4.79 Å². The van der Waals surface area contributed by atoms with Gasteiger partial charge in [-0.05, 0) is 23.8 Å². The standard InChI is InChI=1S/C8H6Cl2OS/c9-5-1-2-7(10)6(3-5)8(12)4-11/h1-4,8,12H/t8-/m1/s1. The SMILES string of the molecule is O=C[C@@H](S)c1cc(Cl)ccc1Cl. The third kappa shape index (κ3) is 2.16. The van der Waals surface area contributed by atoms with Crippen molar-refractivity contribution in [3.8, 4) is 0 Å². The zero-order chi connectivity index (χ0) is 9.14. The summed E-state index contributed by atoms with van der Waals surface area (Å²) in [5, 5.41) is 0.554. The lowest BCUT2D eigenvalue weighted by Crippen LogP contribution is -1.92. The van der Waals surface area contributed by atoms with Gasteiger partial charge in [0.05, 0.1) is 5.25 Å². The van der Waals surface area contributed by atoms with Crippen LogP contribution < -0.4 is 0 Å². The third-order valence-electron chi connectivity index (χ3n) is 1.41. The number of hydrogen-bond donors (Lipinski definition) is 1. The molecule has 1 nitrogen and oxygen atoms in total. The van der Waals surface area contributed by atoms with Crippen molar-refractivity contribution >= 4 is 42.1 Å². The van der Waals surface area contributed by atoms with Crippen LogP contribution in [0.2, 0.25) is 10.0 Å². The normalized spacial score (nSPS) is 12.6. The molecular formula is C8H6Cl2OS. The van der Waals surface area contributed by atoms with Crippen molar-refractivity contribution in [2.24, 2.45) is 0 Å². The van der Waals surface area contributed by atoms with E-state index >= 15 is 0 Å². The monoisotopic (exact) mass is 220 g/mol. The van der Waals surface area contributed by atoms with Crippen LogP contribution in [0.5, 0.6) is 0 Å². The highest BCUT2D eigenvalue weighted by Gasteiger charge is 2.09. The minimum absolute atomic E-state index is 0.504. The van der Waals surface area contributed by atoms with Crippen molar-refractivity contribution in [1.82, 2.24) is 0 Å². The van der Waals surface area contributed by atoms with Gasteiger partial charge in [-0.2, -0.15) is 12.6 Å². The fraction of sp³-hybridized carbons (Fsp3) is 0.125. The number of hydrogen-bond acceptors (Lipinski definition) is 2. The molecule has 0 saturated carbocycles. The molecule has 0 heterocycles. The number of aldehydes is 1. The van der Waals surface area contributed by atoms with Gasteiger partial charge in [0.1, 0.15) is 6.29 Å². The summed E-state index contributed by atoms with van der Waals surface area (Å²) in [5.74, 6) is 0. The molecule has 0 unspecified atom stereocenters. The van der Waals surface area contributed by atoms with Crippen molar-refractivity contribution in [2.75, 3.05) is 0 Å². The Morgan fingerprint density at radius 1 is 1.42 bits per heavy atom. The van der Waals surface area contributed by atoms with Crippen LogP contribution in [0.1, 0.15) is 10.8 Å². The average molecular weight is 221 g/mol. The van der Waals surface area contributed by atoms with Crippen molar-refractivity contribution < 1.29 is 4.79 Å². The van der Waals surface area contributed by atoms with E-state index in [-0.39, 0.29) is 0 Å². The summed E-state index contributed by atoms with van der Waals surface area (Å²) in [4.78, 5) is 10.4. The highest BCUT2D eigenvalue weighted by Crippen LogP contribution is 2.28. The van der Waals surface area contributed by atoms with Gasteiger partial charge in [-0.25, -0.2) is 0 Å². The van der Waals surface area contributed by atoms with Crippen molar-refractivity contribution in [2.45, 2.75) is 5.25 Å². The topological polar surface area (TPSA) is 17.1 Å². The molecule has 0 spiro atoms. The number of carbonyl (C=O) groups is 1. The van der Waals surface area contributed by atoms with Gasteiger partial charge in [-0.15, -0.1) is 0 Å². The summed E-state index contributed by atoms with van der Waals surface area (Å²) in [7, 11) is 0. The van der Waals surface area contributed by atoms with Gasteiger partial charge in [0.15, 0.2) is 0 Å². The molecule has 1 rings (SSSR count). The minimum Gasteiger partial charge on any atom is -0.302 e.